The molecule has 1 aromatic carbocycles. The summed E-state index contributed by atoms with van der Waals surface area (Å²) in [5, 5.41) is 4.72. The highest BCUT2D eigenvalue weighted by atomic mass is 16.2. The van der Waals surface area contributed by atoms with E-state index in [1.54, 1.807) is 0 Å². The second kappa shape index (κ2) is 6.06. The van der Waals surface area contributed by atoms with E-state index in [2.05, 4.69) is 31.2 Å². The number of fused-ring (bicyclic) bond motifs is 1. The molecule has 1 aliphatic carbocycles. The molecule has 24 heavy (non-hydrogen) atoms. The number of aromatic nitrogens is 2. The molecular formula is C19H24N4O. The zero-order valence-electron chi connectivity index (χ0n) is 14.2. The highest BCUT2D eigenvalue weighted by Crippen LogP contribution is 2.29. The summed E-state index contributed by atoms with van der Waals surface area (Å²) in [5.41, 5.74) is 11.0. The standard InChI is InChI=1S/C19H24N4O/c1-13-5-7-15(8-6-13)23-17-4-2-3-16(17)18(21-23)19(24)22-10-9-14(11-20)12-22/h5-8,14H,2-4,9-12,20H2,1H3. The van der Waals surface area contributed by atoms with E-state index in [9.17, 15) is 4.79 Å². The molecule has 0 bridgehead atoms. The summed E-state index contributed by atoms with van der Waals surface area (Å²) in [5.74, 6) is 0.510. The zero-order valence-corrected chi connectivity index (χ0v) is 14.2. The van der Waals surface area contributed by atoms with Gasteiger partial charge in [-0.1, -0.05) is 17.7 Å². The molecule has 1 amide bonds. The van der Waals surface area contributed by atoms with E-state index in [4.69, 9.17) is 10.8 Å². The number of nitrogens with zero attached hydrogens (tertiary/aromatic N) is 3. The lowest BCUT2D eigenvalue weighted by molar-refractivity contribution is 0.0780. The molecule has 1 atom stereocenters. The lowest BCUT2D eigenvalue weighted by atomic mass is 10.1. The van der Waals surface area contributed by atoms with Gasteiger partial charge in [-0.25, -0.2) is 4.68 Å². The summed E-state index contributed by atoms with van der Waals surface area (Å²) in [6, 6.07) is 8.34. The van der Waals surface area contributed by atoms with Gasteiger partial charge in [0.15, 0.2) is 5.69 Å². The lowest BCUT2D eigenvalue weighted by Crippen LogP contribution is -2.30. The molecule has 4 rings (SSSR count). The van der Waals surface area contributed by atoms with Crippen molar-refractivity contribution in [2.75, 3.05) is 19.6 Å². The van der Waals surface area contributed by atoms with Gasteiger partial charge < -0.3 is 10.6 Å². The predicted octanol–water partition coefficient (Wildman–Crippen LogP) is 2.09. The van der Waals surface area contributed by atoms with Crippen molar-refractivity contribution in [3.05, 3.63) is 46.8 Å². The number of likely N-dealkylation sites (tertiary alicyclic amines) is 1. The number of nitrogens with two attached hydrogens (primary N) is 1. The SMILES string of the molecule is Cc1ccc(-n2nc(C(=O)N3CCC(CN)C3)c3c2CCC3)cc1. The molecule has 1 unspecified atom stereocenters. The van der Waals surface area contributed by atoms with Gasteiger partial charge in [-0.3, -0.25) is 4.79 Å². The molecule has 1 aromatic heterocycles. The van der Waals surface area contributed by atoms with Crippen molar-refractivity contribution in [3.8, 4) is 5.69 Å². The number of aryl methyl sites for hydroxylation is 1. The van der Waals surface area contributed by atoms with Gasteiger partial charge in [-0.2, -0.15) is 5.10 Å². The summed E-state index contributed by atoms with van der Waals surface area (Å²) in [6.45, 7) is 4.29. The third kappa shape index (κ3) is 2.53. The van der Waals surface area contributed by atoms with Gasteiger partial charge in [-0.05, 0) is 57.2 Å². The first-order chi connectivity index (χ1) is 11.7. The van der Waals surface area contributed by atoms with Crippen LogP contribution in [0.1, 0.15) is 40.2 Å². The van der Waals surface area contributed by atoms with Crippen molar-refractivity contribution in [3.63, 3.8) is 0 Å². The van der Waals surface area contributed by atoms with Crippen LogP contribution in [-0.2, 0) is 12.8 Å². The number of benzene rings is 1. The molecule has 126 valence electrons. The van der Waals surface area contributed by atoms with Crippen LogP contribution in [0.3, 0.4) is 0 Å². The fraction of sp³-hybridized carbons (Fsp3) is 0.474. The van der Waals surface area contributed by atoms with E-state index in [0.717, 1.165) is 50.0 Å². The molecule has 5 heteroatoms. The van der Waals surface area contributed by atoms with Crippen LogP contribution in [0.5, 0.6) is 0 Å². The summed E-state index contributed by atoms with van der Waals surface area (Å²) in [7, 11) is 0. The van der Waals surface area contributed by atoms with Gasteiger partial charge in [0.05, 0.1) is 5.69 Å². The van der Waals surface area contributed by atoms with Crippen molar-refractivity contribution < 1.29 is 4.79 Å². The minimum Gasteiger partial charge on any atom is -0.337 e. The molecule has 2 N–H and O–H groups in total. The summed E-state index contributed by atoms with van der Waals surface area (Å²) in [6.07, 6.45) is 4.05. The maximum atomic E-state index is 13.0. The van der Waals surface area contributed by atoms with E-state index < -0.39 is 0 Å². The Hall–Kier alpha value is -2.14. The fourth-order valence-electron chi connectivity index (χ4n) is 3.87. The van der Waals surface area contributed by atoms with E-state index in [1.165, 1.54) is 11.3 Å². The van der Waals surface area contributed by atoms with Gasteiger partial charge in [0.2, 0.25) is 0 Å². The van der Waals surface area contributed by atoms with Crippen LogP contribution in [0.4, 0.5) is 0 Å². The molecule has 2 heterocycles. The second-order valence-corrected chi connectivity index (χ2v) is 7.02. The highest BCUT2D eigenvalue weighted by molar-refractivity contribution is 5.94. The van der Waals surface area contributed by atoms with Crippen LogP contribution < -0.4 is 5.73 Å². The Balaban J connectivity index is 1.68. The third-order valence-electron chi connectivity index (χ3n) is 5.32. The maximum Gasteiger partial charge on any atom is 0.274 e. The fourth-order valence-corrected chi connectivity index (χ4v) is 3.87. The Kier molecular flexibility index (Phi) is 3.88. The minimum absolute atomic E-state index is 0.0787. The molecule has 5 nitrogen and oxygen atoms in total. The molecule has 1 aliphatic heterocycles. The van der Waals surface area contributed by atoms with Gasteiger partial charge in [-0.15, -0.1) is 0 Å². The first-order valence-corrected chi connectivity index (χ1v) is 8.84. The number of hydrogen-bond acceptors (Lipinski definition) is 3. The number of hydrogen-bond donors (Lipinski definition) is 1. The molecule has 2 aromatic rings. The smallest absolute Gasteiger partial charge is 0.274 e. The monoisotopic (exact) mass is 324 g/mol. The van der Waals surface area contributed by atoms with Crippen molar-refractivity contribution in [1.82, 2.24) is 14.7 Å². The minimum atomic E-state index is 0.0787. The molecular weight excluding hydrogens is 300 g/mol. The number of rotatable bonds is 3. The quantitative estimate of drug-likeness (QED) is 0.940. The Morgan fingerprint density at radius 1 is 1.29 bits per heavy atom. The Morgan fingerprint density at radius 3 is 2.79 bits per heavy atom. The Labute approximate surface area is 142 Å². The van der Waals surface area contributed by atoms with Crippen LogP contribution >= 0.6 is 0 Å². The molecule has 0 saturated carbocycles. The lowest BCUT2D eigenvalue weighted by Gasteiger charge is -2.15. The summed E-state index contributed by atoms with van der Waals surface area (Å²) >= 11 is 0. The summed E-state index contributed by atoms with van der Waals surface area (Å²) in [4.78, 5) is 14.9. The largest absolute Gasteiger partial charge is 0.337 e. The molecule has 1 saturated heterocycles. The normalized spacial score (nSPS) is 19.8. The molecule has 0 spiro atoms. The van der Waals surface area contributed by atoms with Crippen LogP contribution in [0, 0.1) is 12.8 Å². The second-order valence-electron chi connectivity index (χ2n) is 7.02. The number of carbonyl (C=O) groups excluding carboxylic acids is 1. The Bertz CT molecular complexity index is 762. The van der Waals surface area contributed by atoms with Crippen LogP contribution in [0.15, 0.2) is 24.3 Å². The molecule has 1 fully saturated rings. The van der Waals surface area contributed by atoms with E-state index in [-0.39, 0.29) is 5.91 Å². The first-order valence-electron chi connectivity index (χ1n) is 8.84. The predicted molar refractivity (Wildman–Crippen MR) is 93.4 cm³/mol. The van der Waals surface area contributed by atoms with Gasteiger partial charge in [0, 0.05) is 24.3 Å². The van der Waals surface area contributed by atoms with Crippen LogP contribution in [0.2, 0.25) is 0 Å². The highest BCUT2D eigenvalue weighted by Gasteiger charge is 2.32. The van der Waals surface area contributed by atoms with E-state index >= 15 is 0 Å². The van der Waals surface area contributed by atoms with Crippen molar-refractivity contribution in [2.45, 2.75) is 32.6 Å². The van der Waals surface area contributed by atoms with Gasteiger partial charge in [0.1, 0.15) is 0 Å². The zero-order chi connectivity index (χ0) is 16.7. The van der Waals surface area contributed by atoms with Crippen molar-refractivity contribution in [1.29, 1.82) is 0 Å². The number of amides is 1. The van der Waals surface area contributed by atoms with Crippen molar-refractivity contribution in [2.24, 2.45) is 11.7 Å². The Morgan fingerprint density at radius 2 is 2.08 bits per heavy atom. The summed E-state index contributed by atoms with van der Waals surface area (Å²) < 4.78 is 1.98. The van der Waals surface area contributed by atoms with E-state index in [1.807, 2.05) is 9.58 Å². The van der Waals surface area contributed by atoms with Crippen LogP contribution in [-0.4, -0.2) is 40.2 Å². The molecule has 2 aliphatic rings. The number of carbonyl (C=O) groups is 1. The average molecular weight is 324 g/mol. The van der Waals surface area contributed by atoms with Crippen LogP contribution in [0.25, 0.3) is 5.69 Å². The van der Waals surface area contributed by atoms with Gasteiger partial charge >= 0.3 is 0 Å². The topological polar surface area (TPSA) is 64.2 Å². The molecule has 0 radical (unpaired) electrons. The maximum absolute atomic E-state index is 13.0. The van der Waals surface area contributed by atoms with Gasteiger partial charge in [0.25, 0.3) is 5.91 Å². The third-order valence-corrected chi connectivity index (χ3v) is 5.32. The average Bonchev–Trinajstić information content (AvgIpc) is 3.31. The van der Waals surface area contributed by atoms with E-state index in [0.29, 0.717) is 18.2 Å². The van der Waals surface area contributed by atoms with Crippen molar-refractivity contribution >= 4 is 5.91 Å². The first kappa shape index (κ1) is 15.4.